The lowest BCUT2D eigenvalue weighted by atomic mass is 10.3. The summed E-state index contributed by atoms with van der Waals surface area (Å²) >= 11 is 0. The van der Waals surface area contributed by atoms with Crippen molar-refractivity contribution >= 4 is 22.7 Å². The summed E-state index contributed by atoms with van der Waals surface area (Å²) < 4.78 is 0. The van der Waals surface area contributed by atoms with E-state index in [0.717, 1.165) is 30.1 Å². The summed E-state index contributed by atoms with van der Waals surface area (Å²) in [6.45, 7) is 1.85. The maximum Gasteiger partial charge on any atom is 0.203 e. The number of fused-ring (bicyclic) bond motifs is 1. The molecule has 0 saturated heterocycles. The van der Waals surface area contributed by atoms with Crippen LogP contribution in [0, 0.1) is 0 Å². The molecule has 0 atom stereocenters. The predicted octanol–water partition coefficient (Wildman–Crippen LogP) is 3.14. The molecule has 3 aromatic rings. The highest BCUT2D eigenvalue weighted by Crippen LogP contribution is 2.16. The highest BCUT2D eigenvalue weighted by molar-refractivity contribution is 5.77. The van der Waals surface area contributed by atoms with E-state index in [1.54, 1.807) is 0 Å². The van der Waals surface area contributed by atoms with Gasteiger partial charge >= 0.3 is 0 Å². The van der Waals surface area contributed by atoms with Gasteiger partial charge in [0.15, 0.2) is 0 Å². The van der Waals surface area contributed by atoms with E-state index in [1.807, 2.05) is 24.3 Å². The van der Waals surface area contributed by atoms with Gasteiger partial charge in [0.1, 0.15) is 0 Å². The first kappa shape index (κ1) is 13.5. The average Bonchev–Trinajstić information content (AvgIpc) is 2.97. The molecule has 1 heterocycles. The molecule has 1 N–H and O–H groups in total. The van der Waals surface area contributed by atoms with Gasteiger partial charge in [-0.05, 0) is 24.3 Å². The summed E-state index contributed by atoms with van der Waals surface area (Å²) in [5, 5.41) is 0. The Kier molecular flexibility index (Phi) is 3.77. The monoisotopic (exact) mass is 280 g/mol. The van der Waals surface area contributed by atoms with Crippen molar-refractivity contribution < 1.29 is 0 Å². The van der Waals surface area contributed by atoms with Gasteiger partial charge in [-0.2, -0.15) is 0 Å². The Morgan fingerprint density at radius 1 is 0.857 bits per heavy atom. The van der Waals surface area contributed by atoms with E-state index in [0.29, 0.717) is 0 Å². The van der Waals surface area contributed by atoms with E-state index in [4.69, 9.17) is 0 Å². The van der Waals surface area contributed by atoms with Gasteiger partial charge in [0.05, 0.1) is 11.0 Å². The predicted molar refractivity (Wildman–Crippen MR) is 89.1 cm³/mol. The lowest BCUT2D eigenvalue weighted by Gasteiger charge is -2.23. The Morgan fingerprint density at radius 3 is 2.29 bits per heavy atom. The van der Waals surface area contributed by atoms with Crippen LogP contribution < -0.4 is 9.80 Å². The number of rotatable bonds is 5. The minimum atomic E-state index is 0.908. The van der Waals surface area contributed by atoms with Crippen LogP contribution in [0.2, 0.25) is 0 Å². The number of H-pyrrole nitrogens is 1. The molecule has 0 aliphatic rings. The van der Waals surface area contributed by atoms with Gasteiger partial charge in [0, 0.05) is 32.9 Å². The van der Waals surface area contributed by atoms with E-state index < -0.39 is 0 Å². The van der Waals surface area contributed by atoms with Gasteiger partial charge in [-0.3, -0.25) is 0 Å². The summed E-state index contributed by atoms with van der Waals surface area (Å²) in [5.74, 6) is 0.915. The fraction of sp³-hybridized carbons (Fsp3) is 0.235. The van der Waals surface area contributed by atoms with E-state index in [2.05, 4.69) is 64.2 Å². The minimum absolute atomic E-state index is 0.908. The number of aromatic nitrogens is 2. The number of aromatic amines is 1. The second-order valence-electron chi connectivity index (χ2n) is 5.26. The first-order valence-electron chi connectivity index (χ1n) is 7.16. The molecule has 0 saturated carbocycles. The normalized spacial score (nSPS) is 10.8. The van der Waals surface area contributed by atoms with E-state index in [9.17, 15) is 0 Å². The third kappa shape index (κ3) is 2.99. The molecule has 3 rings (SSSR count). The van der Waals surface area contributed by atoms with Crippen LogP contribution in [0.1, 0.15) is 0 Å². The molecular weight excluding hydrogens is 260 g/mol. The van der Waals surface area contributed by atoms with Crippen LogP contribution in [0.25, 0.3) is 11.0 Å². The average molecular weight is 280 g/mol. The zero-order valence-corrected chi connectivity index (χ0v) is 12.5. The quantitative estimate of drug-likeness (QED) is 0.780. The van der Waals surface area contributed by atoms with Crippen molar-refractivity contribution in [2.75, 3.05) is 37.0 Å². The lowest BCUT2D eigenvalue weighted by Crippen LogP contribution is -2.31. The largest absolute Gasteiger partial charge is 0.373 e. The van der Waals surface area contributed by atoms with E-state index >= 15 is 0 Å². The number of anilines is 2. The van der Waals surface area contributed by atoms with Crippen LogP contribution in [-0.2, 0) is 0 Å². The molecule has 0 fully saturated rings. The van der Waals surface area contributed by atoms with Crippen LogP contribution in [-0.4, -0.2) is 37.2 Å². The molecule has 0 aliphatic heterocycles. The van der Waals surface area contributed by atoms with Gasteiger partial charge in [-0.15, -0.1) is 0 Å². The van der Waals surface area contributed by atoms with Gasteiger partial charge in [-0.1, -0.05) is 30.3 Å². The van der Waals surface area contributed by atoms with Crippen LogP contribution in [0.5, 0.6) is 0 Å². The standard InChI is InChI=1S/C17H20N4/c1-20(14-8-4-3-5-9-14)12-13-21(2)17-18-15-10-6-7-11-16(15)19-17/h3-11H,12-13H2,1-2H3,(H,18,19). The van der Waals surface area contributed by atoms with Gasteiger partial charge in [0.2, 0.25) is 5.95 Å². The number of likely N-dealkylation sites (N-methyl/N-ethyl adjacent to an activating group) is 2. The molecule has 2 aromatic carbocycles. The van der Waals surface area contributed by atoms with Crippen LogP contribution in [0.3, 0.4) is 0 Å². The first-order chi connectivity index (χ1) is 10.2. The van der Waals surface area contributed by atoms with Crippen molar-refractivity contribution in [3.8, 4) is 0 Å². The van der Waals surface area contributed by atoms with E-state index in [-0.39, 0.29) is 0 Å². The molecule has 4 nitrogen and oxygen atoms in total. The topological polar surface area (TPSA) is 35.2 Å². The maximum atomic E-state index is 4.62. The molecular formula is C17H20N4. The Morgan fingerprint density at radius 2 is 1.52 bits per heavy atom. The van der Waals surface area contributed by atoms with Crippen LogP contribution >= 0.6 is 0 Å². The number of imidazole rings is 1. The molecule has 4 heteroatoms. The zero-order chi connectivity index (χ0) is 14.7. The molecule has 21 heavy (non-hydrogen) atoms. The Balaban J connectivity index is 1.65. The molecule has 0 unspecified atom stereocenters. The summed E-state index contributed by atoms with van der Waals surface area (Å²) in [4.78, 5) is 12.4. The maximum absolute atomic E-state index is 4.62. The third-order valence-electron chi connectivity index (χ3n) is 3.71. The summed E-state index contributed by atoms with van der Waals surface area (Å²) in [7, 11) is 4.18. The van der Waals surface area contributed by atoms with Crippen molar-refractivity contribution in [1.82, 2.24) is 9.97 Å². The van der Waals surface area contributed by atoms with Crippen molar-refractivity contribution in [2.45, 2.75) is 0 Å². The third-order valence-corrected chi connectivity index (χ3v) is 3.71. The van der Waals surface area contributed by atoms with Crippen LogP contribution in [0.4, 0.5) is 11.6 Å². The molecule has 0 amide bonds. The molecule has 0 spiro atoms. The van der Waals surface area contributed by atoms with Crippen LogP contribution in [0.15, 0.2) is 54.6 Å². The number of para-hydroxylation sites is 3. The number of nitrogens with zero attached hydrogens (tertiary/aromatic N) is 3. The Hall–Kier alpha value is -2.49. The summed E-state index contributed by atoms with van der Waals surface area (Å²) in [5.41, 5.74) is 3.32. The molecule has 0 bridgehead atoms. The van der Waals surface area contributed by atoms with Gasteiger partial charge in [0.25, 0.3) is 0 Å². The number of nitrogens with one attached hydrogen (secondary N) is 1. The Bertz CT molecular complexity index is 672. The first-order valence-corrected chi connectivity index (χ1v) is 7.16. The van der Waals surface area contributed by atoms with Crippen molar-refractivity contribution in [3.63, 3.8) is 0 Å². The highest BCUT2D eigenvalue weighted by atomic mass is 15.3. The second-order valence-corrected chi connectivity index (χ2v) is 5.26. The SMILES string of the molecule is CN(CCN(C)c1nc2ccccc2[nH]1)c1ccccc1. The summed E-state index contributed by atoms with van der Waals surface area (Å²) in [6.07, 6.45) is 0. The molecule has 0 radical (unpaired) electrons. The fourth-order valence-electron chi connectivity index (χ4n) is 2.34. The smallest absolute Gasteiger partial charge is 0.203 e. The van der Waals surface area contributed by atoms with Crippen molar-refractivity contribution in [2.24, 2.45) is 0 Å². The van der Waals surface area contributed by atoms with Crippen molar-refractivity contribution in [1.29, 1.82) is 0 Å². The lowest BCUT2D eigenvalue weighted by molar-refractivity contribution is 0.816. The zero-order valence-electron chi connectivity index (χ0n) is 12.5. The highest BCUT2D eigenvalue weighted by Gasteiger charge is 2.08. The number of hydrogen-bond donors (Lipinski definition) is 1. The number of hydrogen-bond acceptors (Lipinski definition) is 3. The molecule has 1 aromatic heterocycles. The van der Waals surface area contributed by atoms with E-state index in [1.165, 1.54) is 5.69 Å². The minimum Gasteiger partial charge on any atom is -0.373 e. The van der Waals surface area contributed by atoms with Crippen molar-refractivity contribution in [3.05, 3.63) is 54.6 Å². The van der Waals surface area contributed by atoms with Gasteiger partial charge < -0.3 is 14.8 Å². The Labute approximate surface area is 125 Å². The number of benzene rings is 2. The fourth-order valence-corrected chi connectivity index (χ4v) is 2.34. The van der Waals surface area contributed by atoms with Gasteiger partial charge in [-0.25, -0.2) is 4.98 Å². The second kappa shape index (κ2) is 5.87. The molecule has 0 aliphatic carbocycles. The summed E-state index contributed by atoms with van der Waals surface area (Å²) in [6, 6.07) is 18.5. The molecule has 108 valence electrons.